The number of carbonyl (C=O) groups is 1. The van der Waals surface area contributed by atoms with E-state index in [2.05, 4.69) is 25.8 Å². The Balaban J connectivity index is 2.47. The van der Waals surface area contributed by atoms with Gasteiger partial charge in [-0.15, -0.1) is 0 Å². The van der Waals surface area contributed by atoms with Crippen molar-refractivity contribution in [3.8, 4) is 11.3 Å². The van der Waals surface area contributed by atoms with E-state index in [0.717, 1.165) is 11.6 Å². The van der Waals surface area contributed by atoms with Gasteiger partial charge in [0, 0.05) is 11.8 Å². The molecule has 0 spiro atoms. The van der Waals surface area contributed by atoms with E-state index >= 15 is 0 Å². The monoisotopic (exact) mass is 271 g/mol. The molecule has 0 fully saturated rings. The Morgan fingerprint density at radius 2 is 1.70 bits per heavy atom. The molecule has 4 nitrogen and oxygen atoms in total. The number of rotatable bonds is 2. The standard InChI is InChI=1S/C16H17NO3/c1-16(2,3)12-6-4-10(5-7-12)13-8-11(15(19)20)9-14(18)17-13/h4-9H,1-3H3,(H,17,18)(H,19,20). The van der Waals surface area contributed by atoms with Crippen LogP contribution in [0.2, 0.25) is 0 Å². The van der Waals surface area contributed by atoms with Gasteiger partial charge in [-0.1, -0.05) is 45.0 Å². The van der Waals surface area contributed by atoms with Crippen molar-refractivity contribution in [2.75, 3.05) is 0 Å². The second-order valence-electron chi connectivity index (χ2n) is 5.78. The van der Waals surface area contributed by atoms with Crippen LogP contribution >= 0.6 is 0 Å². The Bertz CT molecular complexity index is 691. The summed E-state index contributed by atoms with van der Waals surface area (Å²) in [7, 11) is 0. The molecule has 0 aliphatic rings. The second kappa shape index (κ2) is 4.96. The van der Waals surface area contributed by atoms with Gasteiger partial charge >= 0.3 is 5.97 Å². The smallest absolute Gasteiger partial charge is 0.335 e. The maximum atomic E-state index is 11.5. The quantitative estimate of drug-likeness (QED) is 0.882. The minimum atomic E-state index is -1.11. The average molecular weight is 271 g/mol. The first-order valence-corrected chi connectivity index (χ1v) is 6.36. The molecular weight excluding hydrogens is 254 g/mol. The van der Waals surface area contributed by atoms with E-state index in [-0.39, 0.29) is 11.0 Å². The van der Waals surface area contributed by atoms with Crippen LogP contribution in [0.1, 0.15) is 36.7 Å². The van der Waals surface area contributed by atoms with Crippen molar-refractivity contribution < 1.29 is 9.90 Å². The van der Waals surface area contributed by atoms with E-state index in [1.807, 2.05) is 24.3 Å². The van der Waals surface area contributed by atoms with Crippen LogP contribution in [0.5, 0.6) is 0 Å². The lowest BCUT2D eigenvalue weighted by Gasteiger charge is -2.19. The fraction of sp³-hybridized carbons (Fsp3) is 0.250. The number of aromatic carboxylic acids is 1. The Morgan fingerprint density at radius 1 is 1.10 bits per heavy atom. The lowest BCUT2D eigenvalue weighted by atomic mass is 9.86. The van der Waals surface area contributed by atoms with E-state index in [0.29, 0.717) is 5.69 Å². The Labute approximate surface area is 117 Å². The van der Waals surface area contributed by atoms with Crippen LogP contribution in [0, 0.1) is 0 Å². The highest BCUT2D eigenvalue weighted by Crippen LogP contribution is 2.25. The predicted octanol–water partition coefficient (Wildman–Crippen LogP) is 3.04. The summed E-state index contributed by atoms with van der Waals surface area (Å²) < 4.78 is 0. The first-order valence-electron chi connectivity index (χ1n) is 6.36. The minimum Gasteiger partial charge on any atom is -0.478 e. The first kappa shape index (κ1) is 14.1. The third-order valence-electron chi connectivity index (χ3n) is 3.15. The number of benzene rings is 1. The first-order chi connectivity index (χ1) is 9.27. The Morgan fingerprint density at radius 3 is 2.20 bits per heavy atom. The summed E-state index contributed by atoms with van der Waals surface area (Å²) >= 11 is 0. The van der Waals surface area contributed by atoms with Gasteiger partial charge in [0.25, 0.3) is 0 Å². The van der Waals surface area contributed by atoms with E-state index in [1.165, 1.54) is 11.6 Å². The van der Waals surface area contributed by atoms with Gasteiger partial charge in [-0.2, -0.15) is 0 Å². The van der Waals surface area contributed by atoms with Crippen molar-refractivity contribution in [3.05, 3.63) is 57.9 Å². The summed E-state index contributed by atoms with van der Waals surface area (Å²) in [5, 5.41) is 8.98. The van der Waals surface area contributed by atoms with Crippen LogP contribution in [-0.4, -0.2) is 16.1 Å². The number of carboxylic acid groups (broad SMARTS) is 1. The molecule has 20 heavy (non-hydrogen) atoms. The summed E-state index contributed by atoms with van der Waals surface area (Å²) in [5.41, 5.74) is 2.10. The van der Waals surface area contributed by atoms with Crippen LogP contribution < -0.4 is 5.56 Å². The number of aromatic amines is 1. The molecule has 1 aromatic carbocycles. The number of H-pyrrole nitrogens is 1. The highest BCUT2D eigenvalue weighted by molar-refractivity contribution is 5.88. The maximum absolute atomic E-state index is 11.5. The number of hydrogen-bond donors (Lipinski definition) is 2. The zero-order chi connectivity index (χ0) is 14.9. The SMILES string of the molecule is CC(C)(C)c1ccc(-c2cc(C(=O)O)cc(=O)[nH]2)cc1. The number of carboxylic acids is 1. The van der Waals surface area contributed by atoms with Gasteiger partial charge in [0.15, 0.2) is 0 Å². The minimum absolute atomic E-state index is 0.0105. The van der Waals surface area contributed by atoms with E-state index in [9.17, 15) is 9.59 Å². The Hall–Kier alpha value is -2.36. The second-order valence-corrected chi connectivity index (χ2v) is 5.78. The summed E-state index contributed by atoms with van der Waals surface area (Å²) in [6, 6.07) is 10.3. The molecule has 0 atom stereocenters. The zero-order valence-corrected chi connectivity index (χ0v) is 11.7. The summed E-state index contributed by atoms with van der Waals surface area (Å²) in [4.78, 5) is 25.1. The summed E-state index contributed by atoms with van der Waals surface area (Å²) in [6.07, 6.45) is 0. The van der Waals surface area contributed by atoms with Crippen molar-refractivity contribution in [1.82, 2.24) is 4.98 Å². The fourth-order valence-electron chi connectivity index (χ4n) is 1.97. The van der Waals surface area contributed by atoms with Gasteiger partial charge in [0.2, 0.25) is 5.56 Å². The molecule has 104 valence electrons. The molecule has 0 bridgehead atoms. The van der Waals surface area contributed by atoms with Gasteiger partial charge in [-0.3, -0.25) is 4.79 Å². The zero-order valence-electron chi connectivity index (χ0n) is 11.7. The predicted molar refractivity (Wildman–Crippen MR) is 78.2 cm³/mol. The normalized spacial score (nSPS) is 11.3. The highest BCUT2D eigenvalue weighted by atomic mass is 16.4. The molecule has 2 rings (SSSR count). The molecule has 2 N–H and O–H groups in total. The lowest BCUT2D eigenvalue weighted by molar-refractivity contribution is 0.0696. The fourth-order valence-corrected chi connectivity index (χ4v) is 1.97. The molecule has 0 amide bonds. The van der Waals surface area contributed by atoms with Crippen LogP contribution in [0.25, 0.3) is 11.3 Å². The van der Waals surface area contributed by atoms with Gasteiger partial charge in [0.1, 0.15) is 0 Å². The van der Waals surface area contributed by atoms with E-state index in [1.54, 1.807) is 0 Å². The molecule has 0 aliphatic heterocycles. The molecule has 0 aliphatic carbocycles. The molecule has 0 radical (unpaired) electrons. The number of aromatic nitrogens is 1. The third-order valence-corrected chi connectivity index (χ3v) is 3.15. The largest absolute Gasteiger partial charge is 0.478 e. The molecule has 0 saturated carbocycles. The lowest BCUT2D eigenvalue weighted by Crippen LogP contribution is -2.11. The third kappa shape index (κ3) is 2.96. The topological polar surface area (TPSA) is 70.2 Å². The number of hydrogen-bond acceptors (Lipinski definition) is 2. The molecule has 0 unspecified atom stereocenters. The van der Waals surface area contributed by atoms with Gasteiger partial charge < -0.3 is 10.1 Å². The van der Waals surface area contributed by atoms with Gasteiger partial charge in [-0.05, 0) is 22.6 Å². The Kier molecular flexibility index (Phi) is 3.49. The number of pyridine rings is 1. The average Bonchev–Trinajstić information content (AvgIpc) is 2.37. The van der Waals surface area contributed by atoms with Crippen LogP contribution in [0.15, 0.2) is 41.2 Å². The van der Waals surface area contributed by atoms with Crippen LogP contribution in [0.4, 0.5) is 0 Å². The molecular formula is C16H17NO3. The summed E-state index contributed by atoms with van der Waals surface area (Å²) in [6.45, 7) is 6.36. The van der Waals surface area contributed by atoms with Crippen molar-refractivity contribution in [2.24, 2.45) is 0 Å². The molecule has 1 aromatic heterocycles. The van der Waals surface area contributed by atoms with Crippen molar-refractivity contribution >= 4 is 5.97 Å². The molecule has 0 saturated heterocycles. The van der Waals surface area contributed by atoms with E-state index in [4.69, 9.17) is 5.11 Å². The molecule has 1 heterocycles. The maximum Gasteiger partial charge on any atom is 0.335 e. The van der Waals surface area contributed by atoms with E-state index < -0.39 is 11.5 Å². The van der Waals surface area contributed by atoms with Crippen molar-refractivity contribution in [1.29, 1.82) is 0 Å². The van der Waals surface area contributed by atoms with Crippen LogP contribution in [0.3, 0.4) is 0 Å². The number of nitrogens with one attached hydrogen (secondary N) is 1. The van der Waals surface area contributed by atoms with Crippen molar-refractivity contribution in [2.45, 2.75) is 26.2 Å². The molecule has 2 aromatic rings. The highest BCUT2D eigenvalue weighted by Gasteiger charge is 2.13. The van der Waals surface area contributed by atoms with Crippen LogP contribution in [-0.2, 0) is 5.41 Å². The van der Waals surface area contributed by atoms with Gasteiger partial charge in [0.05, 0.1) is 5.56 Å². The van der Waals surface area contributed by atoms with Gasteiger partial charge in [-0.25, -0.2) is 4.79 Å². The molecule has 4 heteroatoms. The summed E-state index contributed by atoms with van der Waals surface area (Å²) in [5.74, 6) is -1.11. The van der Waals surface area contributed by atoms with Crippen molar-refractivity contribution in [3.63, 3.8) is 0 Å².